The van der Waals surface area contributed by atoms with Gasteiger partial charge in [-0.05, 0) is 37.3 Å². The molecule has 0 aliphatic heterocycles. The number of aliphatic hydroxyl groups is 1. The Hall–Kier alpha value is -1.76. The number of carboxylic acids is 1. The average molecular weight is 442 g/mol. The van der Waals surface area contributed by atoms with Crippen LogP contribution in [-0.4, -0.2) is 66.0 Å². The van der Waals surface area contributed by atoms with E-state index in [1.54, 1.807) is 6.08 Å². The second-order valence-corrected chi connectivity index (χ2v) is 7.80. The number of aliphatic hydroxyl groups excluding tert-OH is 1. The van der Waals surface area contributed by atoms with Crippen LogP contribution in [0, 0.1) is 0 Å². The first-order valence-corrected chi connectivity index (χ1v) is 10.2. The Morgan fingerprint density at radius 3 is 2.48 bits per heavy atom. The maximum atomic E-state index is 11.8. The van der Waals surface area contributed by atoms with Crippen molar-refractivity contribution < 1.29 is 20.1 Å². The maximum absolute atomic E-state index is 11.8. The standard InChI is InChI=1S/C25H24NO4.Ca/c27-18(14-19(28)15-23(29)30)12-13-21-24(16-6-2-1-3-7-16)20-8-4-5-9-22(20)26-25(21)17-10-11-17;/h1-9,12-13,17-19,27H,10-11,14-15H2,(H,29,30);/q-1;+2/p-1/b13-12+;/t18-,19-;/m1./s1. The molecule has 1 aliphatic carbocycles. The molecule has 0 unspecified atom stereocenters. The molecule has 3 aromatic rings. The number of carbonyl (C=O) groups excluding carboxylic acids is 1. The molecule has 0 bridgehead atoms. The van der Waals surface area contributed by atoms with Gasteiger partial charge in [-0.1, -0.05) is 60.7 Å². The Labute approximate surface area is 211 Å². The number of benzene rings is 2. The Bertz CT molecular complexity index is 1080. The first-order valence-electron chi connectivity index (χ1n) is 10.2. The number of aromatic nitrogens is 1. The second-order valence-electron chi connectivity index (χ2n) is 7.80. The van der Waals surface area contributed by atoms with Crippen molar-refractivity contribution in [2.75, 3.05) is 0 Å². The summed E-state index contributed by atoms with van der Waals surface area (Å²) in [5.41, 5.74) is 5.00. The average Bonchev–Trinajstić information content (AvgIpc) is 3.56. The number of carboxylic acid groups (broad SMARTS) is 1. The van der Waals surface area contributed by atoms with Crippen molar-refractivity contribution in [2.45, 2.75) is 43.8 Å². The van der Waals surface area contributed by atoms with Crippen LogP contribution in [0.25, 0.3) is 28.1 Å². The quantitative estimate of drug-likeness (QED) is 0.540. The van der Waals surface area contributed by atoms with Crippen LogP contribution in [0.1, 0.15) is 42.9 Å². The molecule has 1 saturated carbocycles. The third kappa shape index (κ3) is 5.93. The number of hydrogen-bond acceptors (Lipinski definition) is 5. The van der Waals surface area contributed by atoms with Gasteiger partial charge in [0.15, 0.2) is 0 Å². The van der Waals surface area contributed by atoms with Crippen LogP contribution in [0.5, 0.6) is 0 Å². The van der Waals surface area contributed by atoms with E-state index in [0.29, 0.717) is 5.92 Å². The molecule has 0 amide bonds. The zero-order valence-corrected chi connectivity index (χ0v) is 19.4. The van der Waals surface area contributed by atoms with Gasteiger partial charge in [-0.2, -0.15) is 0 Å². The normalized spacial score (nSPS) is 15.5. The zero-order valence-electron chi connectivity index (χ0n) is 17.2. The molecule has 4 rings (SSSR count). The first-order chi connectivity index (χ1) is 14.5. The molecule has 1 heterocycles. The van der Waals surface area contributed by atoms with Crippen molar-refractivity contribution in [3.63, 3.8) is 0 Å². The SMILES string of the molecule is O=C([O-])C[C@H]([O-])C[C@H](O)/C=C/c1c(C2CC2)nc2ccccc2c1-c1ccccc1.[Ca+2]. The monoisotopic (exact) mass is 441 g/mol. The fourth-order valence-electron chi connectivity index (χ4n) is 3.82. The van der Waals surface area contributed by atoms with Gasteiger partial charge in [0.25, 0.3) is 0 Å². The van der Waals surface area contributed by atoms with Crippen LogP contribution in [0.15, 0.2) is 60.7 Å². The minimum Gasteiger partial charge on any atom is -0.852 e. The Balaban J connectivity index is 0.00000272. The summed E-state index contributed by atoms with van der Waals surface area (Å²) in [6.45, 7) is 0. The molecule has 0 spiro atoms. The number of pyridine rings is 1. The summed E-state index contributed by atoms with van der Waals surface area (Å²) in [4.78, 5) is 15.5. The van der Waals surface area contributed by atoms with E-state index in [1.165, 1.54) is 0 Å². The largest absolute Gasteiger partial charge is 2.00 e. The molecule has 154 valence electrons. The zero-order chi connectivity index (χ0) is 21.1. The summed E-state index contributed by atoms with van der Waals surface area (Å²) in [6, 6.07) is 18.1. The molecule has 0 saturated heterocycles. The molecule has 1 N–H and O–H groups in total. The third-order valence-electron chi connectivity index (χ3n) is 5.37. The van der Waals surface area contributed by atoms with E-state index in [2.05, 4.69) is 12.1 Å². The fraction of sp³-hybridized carbons (Fsp3) is 0.280. The number of para-hydroxylation sites is 1. The summed E-state index contributed by atoms with van der Waals surface area (Å²) in [6.07, 6.45) is 2.36. The fourth-order valence-corrected chi connectivity index (χ4v) is 3.82. The van der Waals surface area contributed by atoms with E-state index in [1.807, 2.05) is 48.5 Å². The Kier molecular flexibility index (Phi) is 8.25. The van der Waals surface area contributed by atoms with Gasteiger partial charge < -0.3 is 20.1 Å². The minimum atomic E-state index is -1.40. The summed E-state index contributed by atoms with van der Waals surface area (Å²) in [5, 5.41) is 33.7. The summed E-state index contributed by atoms with van der Waals surface area (Å²) < 4.78 is 0. The number of carbonyl (C=O) groups is 1. The molecule has 6 heteroatoms. The van der Waals surface area contributed by atoms with Crippen molar-refractivity contribution in [1.29, 1.82) is 0 Å². The van der Waals surface area contributed by atoms with Gasteiger partial charge in [0.05, 0.1) is 17.3 Å². The van der Waals surface area contributed by atoms with Crippen molar-refractivity contribution in [3.05, 3.63) is 71.9 Å². The van der Waals surface area contributed by atoms with Crippen molar-refractivity contribution in [3.8, 4) is 11.1 Å². The van der Waals surface area contributed by atoms with Gasteiger partial charge in [-0.15, -0.1) is 6.10 Å². The summed E-state index contributed by atoms with van der Waals surface area (Å²) in [5.74, 6) is -1.01. The van der Waals surface area contributed by atoms with Crippen molar-refractivity contribution in [1.82, 2.24) is 4.98 Å². The Morgan fingerprint density at radius 1 is 1.13 bits per heavy atom. The minimum absolute atomic E-state index is 0. The van der Waals surface area contributed by atoms with Gasteiger partial charge in [0.2, 0.25) is 0 Å². The molecule has 5 nitrogen and oxygen atoms in total. The van der Waals surface area contributed by atoms with Crippen LogP contribution < -0.4 is 10.2 Å². The van der Waals surface area contributed by atoms with E-state index in [0.717, 1.165) is 46.1 Å². The third-order valence-corrected chi connectivity index (χ3v) is 5.37. The van der Waals surface area contributed by atoms with Crippen molar-refractivity contribution >= 4 is 60.7 Å². The molecule has 1 aromatic heterocycles. The van der Waals surface area contributed by atoms with Crippen LogP contribution in [-0.2, 0) is 4.79 Å². The van der Waals surface area contributed by atoms with Gasteiger partial charge in [-0.3, -0.25) is 4.98 Å². The van der Waals surface area contributed by atoms with E-state index >= 15 is 0 Å². The van der Waals surface area contributed by atoms with Gasteiger partial charge in [0, 0.05) is 28.4 Å². The maximum Gasteiger partial charge on any atom is 2.00 e. The first kappa shape index (κ1) is 23.9. The summed E-state index contributed by atoms with van der Waals surface area (Å²) >= 11 is 0. The molecule has 2 atom stereocenters. The number of nitrogens with zero attached hydrogens (tertiary/aromatic N) is 1. The van der Waals surface area contributed by atoms with Gasteiger partial charge >= 0.3 is 37.7 Å². The number of fused-ring (bicyclic) bond motifs is 1. The van der Waals surface area contributed by atoms with Crippen LogP contribution >= 0.6 is 0 Å². The molecular weight excluding hydrogens is 418 g/mol. The number of hydrogen-bond donors (Lipinski definition) is 1. The molecule has 1 aliphatic rings. The smallest absolute Gasteiger partial charge is 0.852 e. The molecule has 31 heavy (non-hydrogen) atoms. The molecule has 2 aromatic carbocycles. The van der Waals surface area contributed by atoms with Crippen molar-refractivity contribution in [2.24, 2.45) is 0 Å². The van der Waals surface area contributed by atoms with E-state index in [4.69, 9.17) is 4.98 Å². The molecule has 1 fully saturated rings. The topological polar surface area (TPSA) is 96.3 Å². The Morgan fingerprint density at radius 2 is 1.81 bits per heavy atom. The van der Waals surface area contributed by atoms with Crippen LogP contribution in [0.3, 0.4) is 0 Å². The number of rotatable bonds is 8. The van der Waals surface area contributed by atoms with E-state index < -0.39 is 24.6 Å². The molecular formula is C25H23CaNO4. The van der Waals surface area contributed by atoms with Gasteiger partial charge in [0.1, 0.15) is 0 Å². The number of aliphatic carboxylic acids is 1. The van der Waals surface area contributed by atoms with Crippen LogP contribution in [0.4, 0.5) is 0 Å². The second kappa shape index (κ2) is 10.7. The van der Waals surface area contributed by atoms with E-state index in [9.17, 15) is 20.1 Å². The van der Waals surface area contributed by atoms with E-state index in [-0.39, 0.29) is 44.2 Å². The molecule has 0 radical (unpaired) electrons. The predicted octanol–water partition coefficient (Wildman–Crippen LogP) is 2.03. The summed E-state index contributed by atoms with van der Waals surface area (Å²) in [7, 11) is 0. The van der Waals surface area contributed by atoms with Crippen LogP contribution in [0.2, 0.25) is 0 Å². The predicted molar refractivity (Wildman–Crippen MR) is 118 cm³/mol. The van der Waals surface area contributed by atoms with Gasteiger partial charge in [-0.25, -0.2) is 0 Å².